The standard InChI is InChI=1S/C14H22N2O3S/c1-11(13-3-2-8-20-13)14(18)15-9-12(17)10-16-4-6-19-7-5-16/h2-3,8,11-12,17H,4-7,9-10H2,1H3,(H,15,18). The van der Waals surface area contributed by atoms with E-state index < -0.39 is 6.10 Å². The Morgan fingerprint density at radius 2 is 2.30 bits per heavy atom. The summed E-state index contributed by atoms with van der Waals surface area (Å²) in [5.74, 6) is -0.195. The van der Waals surface area contributed by atoms with E-state index >= 15 is 0 Å². The molecule has 1 saturated heterocycles. The predicted molar refractivity (Wildman–Crippen MR) is 79.0 cm³/mol. The van der Waals surface area contributed by atoms with Crippen LogP contribution in [0.3, 0.4) is 0 Å². The van der Waals surface area contributed by atoms with Gasteiger partial charge in [-0.25, -0.2) is 0 Å². The van der Waals surface area contributed by atoms with E-state index in [2.05, 4.69) is 10.2 Å². The van der Waals surface area contributed by atoms with Gasteiger partial charge in [0.2, 0.25) is 5.91 Å². The normalized spacial score (nSPS) is 19.5. The fourth-order valence-electron chi connectivity index (χ4n) is 2.18. The van der Waals surface area contributed by atoms with Gasteiger partial charge in [-0.05, 0) is 18.4 Å². The van der Waals surface area contributed by atoms with Gasteiger partial charge in [0.25, 0.3) is 0 Å². The first-order valence-electron chi connectivity index (χ1n) is 6.96. The Labute approximate surface area is 123 Å². The van der Waals surface area contributed by atoms with Crippen LogP contribution in [-0.2, 0) is 9.53 Å². The van der Waals surface area contributed by atoms with Crippen LogP contribution in [0.15, 0.2) is 17.5 Å². The van der Waals surface area contributed by atoms with Gasteiger partial charge in [-0.3, -0.25) is 9.69 Å². The number of thiophene rings is 1. The SMILES string of the molecule is CC(C(=O)NCC(O)CN1CCOCC1)c1cccs1. The number of morpholine rings is 1. The van der Waals surface area contributed by atoms with Crippen molar-refractivity contribution in [1.29, 1.82) is 0 Å². The molecule has 2 atom stereocenters. The van der Waals surface area contributed by atoms with Crippen LogP contribution in [-0.4, -0.2) is 61.4 Å². The molecule has 20 heavy (non-hydrogen) atoms. The molecular weight excluding hydrogens is 276 g/mol. The summed E-state index contributed by atoms with van der Waals surface area (Å²) in [5.41, 5.74) is 0. The van der Waals surface area contributed by atoms with E-state index in [1.54, 1.807) is 11.3 Å². The molecule has 0 radical (unpaired) electrons. The Balaban J connectivity index is 1.69. The molecule has 1 amide bonds. The molecule has 1 fully saturated rings. The van der Waals surface area contributed by atoms with Gasteiger partial charge in [0, 0.05) is 31.1 Å². The first-order chi connectivity index (χ1) is 9.66. The number of rotatable bonds is 6. The summed E-state index contributed by atoms with van der Waals surface area (Å²) in [5, 5.41) is 14.8. The number of aliphatic hydroxyl groups excluding tert-OH is 1. The van der Waals surface area contributed by atoms with Crippen molar-refractivity contribution in [2.24, 2.45) is 0 Å². The molecule has 2 unspecified atom stereocenters. The van der Waals surface area contributed by atoms with Crippen molar-refractivity contribution in [2.45, 2.75) is 18.9 Å². The first kappa shape index (κ1) is 15.4. The molecule has 1 aromatic rings. The highest BCUT2D eigenvalue weighted by molar-refractivity contribution is 7.10. The van der Waals surface area contributed by atoms with Crippen LogP contribution in [0.5, 0.6) is 0 Å². The third-order valence-corrected chi connectivity index (χ3v) is 4.50. The zero-order valence-corrected chi connectivity index (χ0v) is 12.6. The summed E-state index contributed by atoms with van der Waals surface area (Å²) in [6.45, 7) is 5.88. The largest absolute Gasteiger partial charge is 0.390 e. The fraction of sp³-hybridized carbons (Fsp3) is 0.643. The molecule has 112 valence electrons. The number of β-amino-alcohol motifs (C(OH)–C–C–N with tert-alkyl or cyclic N) is 1. The minimum absolute atomic E-state index is 0.0338. The van der Waals surface area contributed by atoms with Crippen LogP contribution >= 0.6 is 11.3 Å². The van der Waals surface area contributed by atoms with Gasteiger partial charge >= 0.3 is 0 Å². The molecule has 2 heterocycles. The third-order valence-electron chi connectivity index (χ3n) is 3.45. The molecule has 0 spiro atoms. The number of carbonyl (C=O) groups excluding carboxylic acids is 1. The molecular formula is C14H22N2O3S. The molecule has 1 aliphatic rings. The Morgan fingerprint density at radius 3 is 2.95 bits per heavy atom. The van der Waals surface area contributed by atoms with Crippen molar-refractivity contribution in [2.75, 3.05) is 39.4 Å². The first-order valence-corrected chi connectivity index (χ1v) is 7.84. The zero-order valence-electron chi connectivity index (χ0n) is 11.7. The second-order valence-electron chi connectivity index (χ2n) is 5.05. The highest BCUT2D eigenvalue weighted by Gasteiger charge is 2.19. The smallest absolute Gasteiger partial charge is 0.228 e. The Morgan fingerprint density at radius 1 is 1.55 bits per heavy atom. The number of hydrogen-bond donors (Lipinski definition) is 2. The number of hydrogen-bond acceptors (Lipinski definition) is 5. The van der Waals surface area contributed by atoms with Crippen molar-refractivity contribution in [3.05, 3.63) is 22.4 Å². The minimum Gasteiger partial charge on any atom is -0.390 e. The number of ether oxygens (including phenoxy) is 1. The summed E-state index contributed by atoms with van der Waals surface area (Å²) >= 11 is 1.58. The summed E-state index contributed by atoms with van der Waals surface area (Å²) < 4.78 is 5.26. The Bertz CT molecular complexity index is 405. The van der Waals surface area contributed by atoms with Crippen molar-refractivity contribution >= 4 is 17.2 Å². The van der Waals surface area contributed by atoms with E-state index in [9.17, 15) is 9.90 Å². The number of carbonyl (C=O) groups is 1. The number of nitrogens with zero attached hydrogens (tertiary/aromatic N) is 1. The topological polar surface area (TPSA) is 61.8 Å². The summed E-state index contributed by atoms with van der Waals surface area (Å²) in [7, 11) is 0. The molecule has 0 bridgehead atoms. The van der Waals surface area contributed by atoms with E-state index in [1.165, 1.54) is 0 Å². The molecule has 0 saturated carbocycles. The maximum atomic E-state index is 12.0. The van der Waals surface area contributed by atoms with Crippen LogP contribution in [0.25, 0.3) is 0 Å². The van der Waals surface area contributed by atoms with E-state index in [0.29, 0.717) is 26.3 Å². The van der Waals surface area contributed by atoms with Gasteiger partial charge in [0.1, 0.15) is 0 Å². The quantitative estimate of drug-likeness (QED) is 0.810. The predicted octanol–water partition coefficient (Wildman–Crippen LogP) is 0.661. The molecule has 1 aliphatic heterocycles. The summed E-state index contributed by atoms with van der Waals surface area (Å²) in [6.07, 6.45) is -0.535. The summed E-state index contributed by atoms with van der Waals surface area (Å²) in [4.78, 5) is 15.2. The van der Waals surface area contributed by atoms with Crippen LogP contribution in [0.1, 0.15) is 17.7 Å². The van der Waals surface area contributed by atoms with Crippen molar-refractivity contribution in [1.82, 2.24) is 10.2 Å². The Kier molecular flexibility index (Phi) is 5.97. The van der Waals surface area contributed by atoms with Gasteiger partial charge in [0.05, 0.1) is 25.2 Å². The van der Waals surface area contributed by atoms with Crippen molar-refractivity contribution < 1.29 is 14.6 Å². The number of amides is 1. The monoisotopic (exact) mass is 298 g/mol. The Hall–Kier alpha value is -0.950. The van der Waals surface area contributed by atoms with E-state index in [4.69, 9.17) is 4.74 Å². The second kappa shape index (κ2) is 7.73. The lowest BCUT2D eigenvalue weighted by atomic mass is 10.1. The average Bonchev–Trinajstić information content (AvgIpc) is 2.99. The highest BCUT2D eigenvalue weighted by atomic mass is 32.1. The molecule has 5 nitrogen and oxygen atoms in total. The lowest BCUT2D eigenvalue weighted by Gasteiger charge is -2.28. The lowest BCUT2D eigenvalue weighted by Crippen LogP contribution is -2.45. The maximum absolute atomic E-state index is 12.0. The van der Waals surface area contributed by atoms with Crippen molar-refractivity contribution in [3.8, 4) is 0 Å². The maximum Gasteiger partial charge on any atom is 0.228 e. The number of aliphatic hydroxyl groups is 1. The van der Waals surface area contributed by atoms with Gasteiger partial charge in [-0.15, -0.1) is 11.3 Å². The number of nitrogens with one attached hydrogen (secondary N) is 1. The summed E-state index contributed by atoms with van der Waals surface area (Å²) in [6, 6.07) is 3.90. The minimum atomic E-state index is -0.535. The molecule has 0 aliphatic carbocycles. The second-order valence-corrected chi connectivity index (χ2v) is 6.03. The molecule has 6 heteroatoms. The lowest BCUT2D eigenvalue weighted by molar-refractivity contribution is -0.122. The van der Waals surface area contributed by atoms with Gasteiger partial charge in [-0.1, -0.05) is 6.07 Å². The third kappa shape index (κ3) is 4.56. The zero-order chi connectivity index (χ0) is 14.4. The molecule has 2 N–H and O–H groups in total. The van der Waals surface area contributed by atoms with Crippen LogP contribution in [0, 0.1) is 0 Å². The van der Waals surface area contributed by atoms with Gasteiger partial charge in [-0.2, -0.15) is 0 Å². The highest BCUT2D eigenvalue weighted by Crippen LogP contribution is 2.20. The molecule has 0 aromatic carbocycles. The van der Waals surface area contributed by atoms with Gasteiger partial charge in [0.15, 0.2) is 0 Å². The van der Waals surface area contributed by atoms with E-state index in [-0.39, 0.29) is 11.8 Å². The fourth-order valence-corrected chi connectivity index (χ4v) is 2.97. The van der Waals surface area contributed by atoms with E-state index in [1.807, 2.05) is 24.4 Å². The van der Waals surface area contributed by atoms with Crippen LogP contribution in [0.2, 0.25) is 0 Å². The van der Waals surface area contributed by atoms with Crippen LogP contribution in [0.4, 0.5) is 0 Å². The average molecular weight is 298 g/mol. The van der Waals surface area contributed by atoms with Gasteiger partial charge < -0.3 is 15.2 Å². The van der Waals surface area contributed by atoms with Crippen molar-refractivity contribution in [3.63, 3.8) is 0 Å². The molecule has 1 aromatic heterocycles. The molecule has 2 rings (SSSR count). The van der Waals surface area contributed by atoms with E-state index in [0.717, 1.165) is 18.0 Å². The van der Waals surface area contributed by atoms with Crippen LogP contribution < -0.4 is 5.32 Å².